The normalized spacial score (nSPS) is 12.0. The third-order valence-corrected chi connectivity index (χ3v) is 5.05. The van der Waals surface area contributed by atoms with Gasteiger partial charge in [-0.25, -0.2) is 0 Å². The average molecular weight is 367 g/mol. The molecule has 0 amide bonds. The first-order chi connectivity index (χ1) is 12.3. The third-order valence-electron chi connectivity index (χ3n) is 4.18. The van der Waals surface area contributed by atoms with Crippen LogP contribution in [-0.4, -0.2) is 19.7 Å². The number of fused-ring (bicyclic) bond motifs is 1. The molecule has 0 aromatic heterocycles. The van der Waals surface area contributed by atoms with Crippen molar-refractivity contribution in [3.63, 3.8) is 0 Å². The van der Waals surface area contributed by atoms with Gasteiger partial charge >= 0.3 is 0 Å². The van der Waals surface area contributed by atoms with Crippen molar-refractivity contribution in [1.82, 2.24) is 0 Å². The van der Waals surface area contributed by atoms with Crippen molar-refractivity contribution in [2.24, 2.45) is 15.2 Å². The molecule has 0 saturated heterocycles. The van der Waals surface area contributed by atoms with Crippen LogP contribution in [0.1, 0.15) is 11.1 Å². The summed E-state index contributed by atoms with van der Waals surface area (Å²) in [6.45, 7) is 7.06. The van der Waals surface area contributed by atoms with Crippen molar-refractivity contribution in [3.8, 4) is 0 Å². The van der Waals surface area contributed by atoms with Gasteiger partial charge in [-0.3, -0.25) is 9.55 Å². The number of benzene rings is 3. The van der Waals surface area contributed by atoms with Crippen molar-refractivity contribution >= 4 is 44.7 Å². The predicted octanol–water partition coefficient (Wildman–Crippen LogP) is 5.45. The largest absolute Gasteiger partial charge is 0.296 e. The van der Waals surface area contributed by atoms with Gasteiger partial charge in [-0.1, -0.05) is 24.3 Å². The van der Waals surface area contributed by atoms with E-state index in [0.29, 0.717) is 16.6 Å². The van der Waals surface area contributed by atoms with E-state index < -0.39 is 10.1 Å². The van der Waals surface area contributed by atoms with Gasteiger partial charge in [0.05, 0.1) is 17.1 Å². The first-order valence-corrected chi connectivity index (χ1v) is 9.25. The first-order valence-electron chi connectivity index (χ1n) is 7.81. The zero-order valence-corrected chi connectivity index (χ0v) is 15.2. The van der Waals surface area contributed by atoms with Gasteiger partial charge in [0, 0.05) is 0 Å². The number of azo groups is 1. The van der Waals surface area contributed by atoms with Gasteiger partial charge in [-0.05, 0) is 66.7 Å². The van der Waals surface area contributed by atoms with E-state index in [1.54, 1.807) is 19.1 Å². The molecule has 0 bridgehead atoms. The second kappa shape index (κ2) is 6.78. The van der Waals surface area contributed by atoms with Crippen LogP contribution >= 0.6 is 0 Å². The summed E-state index contributed by atoms with van der Waals surface area (Å²) >= 11 is 0. The zero-order chi connectivity index (χ0) is 18.9. The van der Waals surface area contributed by atoms with Gasteiger partial charge in [0.25, 0.3) is 10.1 Å². The van der Waals surface area contributed by atoms with E-state index in [9.17, 15) is 13.0 Å². The summed E-state index contributed by atoms with van der Waals surface area (Å²) in [6, 6.07) is 14.3. The topological polar surface area (TPSA) is 91.5 Å². The molecule has 3 rings (SSSR count). The van der Waals surface area contributed by atoms with E-state index in [2.05, 4.69) is 21.9 Å². The van der Waals surface area contributed by atoms with Crippen LogP contribution in [0.3, 0.4) is 0 Å². The molecule has 132 valence electrons. The Morgan fingerprint density at radius 3 is 2.27 bits per heavy atom. The fraction of sp³-hybridized carbons (Fsp3) is 0.105. The van der Waals surface area contributed by atoms with Crippen LogP contribution in [0.15, 0.2) is 68.6 Å². The van der Waals surface area contributed by atoms with Crippen molar-refractivity contribution in [3.05, 3.63) is 59.7 Å². The summed E-state index contributed by atoms with van der Waals surface area (Å²) in [5.41, 5.74) is 2.99. The monoisotopic (exact) mass is 367 g/mol. The maximum atomic E-state index is 11.7. The first kappa shape index (κ1) is 17.9. The van der Waals surface area contributed by atoms with Gasteiger partial charge in [0.15, 0.2) is 0 Å². The van der Waals surface area contributed by atoms with Gasteiger partial charge in [-0.2, -0.15) is 18.6 Å². The van der Waals surface area contributed by atoms with Crippen molar-refractivity contribution in [2.45, 2.75) is 18.7 Å². The smallest absolute Gasteiger partial charge is 0.282 e. The number of aryl methyl sites for hydroxylation is 2. The molecule has 3 aromatic carbocycles. The fourth-order valence-corrected chi connectivity index (χ4v) is 3.70. The number of hydrogen-bond donors (Lipinski definition) is 1. The predicted molar refractivity (Wildman–Crippen MR) is 103 cm³/mol. The van der Waals surface area contributed by atoms with Crippen LogP contribution < -0.4 is 0 Å². The van der Waals surface area contributed by atoms with Crippen molar-refractivity contribution in [1.29, 1.82) is 0 Å². The molecule has 0 aliphatic heterocycles. The molecular weight excluding hydrogens is 350 g/mol. The van der Waals surface area contributed by atoms with Gasteiger partial charge in [0.1, 0.15) is 4.90 Å². The van der Waals surface area contributed by atoms with Gasteiger partial charge in [-0.15, -0.1) is 0 Å². The summed E-state index contributed by atoms with van der Waals surface area (Å²) in [5.74, 6) is 0. The molecule has 0 saturated carbocycles. The van der Waals surface area contributed by atoms with Crippen LogP contribution in [0.4, 0.5) is 17.1 Å². The molecule has 0 fully saturated rings. The van der Waals surface area contributed by atoms with E-state index >= 15 is 0 Å². The van der Waals surface area contributed by atoms with Crippen molar-refractivity contribution in [2.75, 3.05) is 0 Å². The molecule has 0 aliphatic carbocycles. The van der Waals surface area contributed by atoms with Crippen molar-refractivity contribution < 1.29 is 13.0 Å². The summed E-state index contributed by atoms with van der Waals surface area (Å²) in [4.78, 5) is 3.55. The minimum absolute atomic E-state index is 0.139. The lowest BCUT2D eigenvalue weighted by atomic mass is 9.98. The Bertz CT molecular complexity index is 1140. The van der Waals surface area contributed by atoms with E-state index in [1.165, 1.54) is 6.07 Å². The third kappa shape index (κ3) is 3.26. The van der Waals surface area contributed by atoms with E-state index in [4.69, 9.17) is 0 Å². The standard InChI is InChI=1S/C19H17N3O3S/c1-12-16(22-21-15-7-5-4-6-8-15)10-9-14-11-17(26(23,24)25)19(20-3)13(2)18(12)14/h4-11H,3H2,1-2H3,(H,23,24,25). The Labute approximate surface area is 151 Å². The SMILES string of the molecule is C=Nc1c(S(=O)(=O)O)cc2ccc(N=Nc3ccccc3)c(C)c2c1C. The lowest BCUT2D eigenvalue weighted by Crippen LogP contribution is -2.00. The highest BCUT2D eigenvalue weighted by molar-refractivity contribution is 7.86. The molecular formula is C19H17N3O3S. The number of hydrogen-bond acceptors (Lipinski definition) is 5. The summed E-state index contributed by atoms with van der Waals surface area (Å²) in [6.07, 6.45) is 0. The maximum Gasteiger partial charge on any atom is 0.296 e. The van der Waals surface area contributed by atoms with Gasteiger partial charge < -0.3 is 0 Å². The van der Waals surface area contributed by atoms with E-state index in [-0.39, 0.29) is 10.6 Å². The molecule has 0 unspecified atom stereocenters. The quantitative estimate of drug-likeness (QED) is 0.377. The molecule has 0 atom stereocenters. The summed E-state index contributed by atoms with van der Waals surface area (Å²) in [5, 5.41) is 10.0. The van der Waals surface area contributed by atoms with E-state index in [1.807, 2.05) is 37.3 Å². The molecule has 0 aliphatic rings. The summed E-state index contributed by atoms with van der Waals surface area (Å²) < 4.78 is 32.8. The van der Waals surface area contributed by atoms with Crippen LogP contribution in [0.5, 0.6) is 0 Å². The van der Waals surface area contributed by atoms with Gasteiger partial charge in [0.2, 0.25) is 0 Å². The molecule has 6 nitrogen and oxygen atoms in total. The van der Waals surface area contributed by atoms with Crippen LogP contribution in [0.25, 0.3) is 10.8 Å². The second-order valence-electron chi connectivity index (χ2n) is 5.82. The molecule has 0 heterocycles. The summed E-state index contributed by atoms with van der Waals surface area (Å²) in [7, 11) is -4.40. The molecule has 0 radical (unpaired) electrons. The molecule has 3 aromatic rings. The Morgan fingerprint density at radius 1 is 0.962 bits per heavy atom. The number of nitrogens with zero attached hydrogens (tertiary/aromatic N) is 3. The Kier molecular flexibility index (Phi) is 4.67. The minimum Gasteiger partial charge on any atom is -0.282 e. The molecule has 0 spiro atoms. The number of rotatable bonds is 4. The minimum atomic E-state index is -4.40. The lowest BCUT2D eigenvalue weighted by molar-refractivity contribution is 0.483. The number of aliphatic imine (C=N–C) groups is 1. The molecule has 26 heavy (non-hydrogen) atoms. The maximum absolute atomic E-state index is 11.7. The highest BCUT2D eigenvalue weighted by Gasteiger charge is 2.20. The Hall–Kier alpha value is -2.90. The van der Waals surface area contributed by atoms with Crippen LogP contribution in [0, 0.1) is 13.8 Å². The fourth-order valence-electron chi connectivity index (χ4n) is 2.96. The highest BCUT2D eigenvalue weighted by Crippen LogP contribution is 2.38. The van der Waals surface area contributed by atoms with E-state index in [0.717, 1.165) is 16.6 Å². The lowest BCUT2D eigenvalue weighted by Gasteiger charge is -2.13. The Morgan fingerprint density at radius 2 is 1.65 bits per heavy atom. The van der Waals surface area contributed by atoms with Crippen LogP contribution in [-0.2, 0) is 10.1 Å². The zero-order valence-electron chi connectivity index (χ0n) is 14.3. The Balaban J connectivity index is 2.22. The average Bonchev–Trinajstić information content (AvgIpc) is 2.61. The van der Waals surface area contributed by atoms with Crippen LogP contribution in [0.2, 0.25) is 0 Å². The molecule has 7 heteroatoms. The highest BCUT2D eigenvalue weighted by atomic mass is 32.2. The molecule has 1 N–H and O–H groups in total. The second-order valence-corrected chi connectivity index (χ2v) is 7.21.